The van der Waals surface area contributed by atoms with E-state index in [1.807, 2.05) is 28.8 Å². The minimum atomic E-state index is -0.220. The summed E-state index contributed by atoms with van der Waals surface area (Å²) in [5, 5.41) is 8.90. The van der Waals surface area contributed by atoms with E-state index in [4.69, 9.17) is 4.74 Å². The van der Waals surface area contributed by atoms with Crippen LogP contribution in [0.5, 0.6) is 5.75 Å². The maximum atomic E-state index is 12.4. The number of thioether (sulfide) groups is 1. The van der Waals surface area contributed by atoms with Gasteiger partial charge in [0.05, 0.1) is 23.9 Å². The highest BCUT2D eigenvalue weighted by molar-refractivity contribution is 7.99. The van der Waals surface area contributed by atoms with Gasteiger partial charge in [0.15, 0.2) is 5.16 Å². The fraction of sp³-hybridized carbons (Fsp3) is 0.200. The van der Waals surface area contributed by atoms with Crippen molar-refractivity contribution in [2.24, 2.45) is 0 Å². The van der Waals surface area contributed by atoms with Crippen LogP contribution in [0.4, 0.5) is 0 Å². The summed E-state index contributed by atoms with van der Waals surface area (Å²) in [6, 6.07) is 14.6. The van der Waals surface area contributed by atoms with Gasteiger partial charge in [0.25, 0.3) is 11.8 Å². The standard InChI is InChI=1S/C20H18N4O3S/c1-27-17-10-5-4-9-16(17)24-13-21-22-20(24)28-12-6-11-23-18(25)14-7-2-3-8-15(14)19(23)26/h2-5,7-10,13H,6,11-12H2,1H3. The number of hydrogen-bond donors (Lipinski definition) is 0. The lowest BCUT2D eigenvalue weighted by Gasteiger charge is -2.13. The molecule has 142 valence electrons. The molecular weight excluding hydrogens is 376 g/mol. The zero-order valence-corrected chi connectivity index (χ0v) is 16.1. The Labute approximate surface area is 166 Å². The Morgan fingerprint density at radius 1 is 1.00 bits per heavy atom. The number of aromatic nitrogens is 3. The first kappa shape index (κ1) is 18.2. The fourth-order valence-corrected chi connectivity index (χ4v) is 3.99. The van der Waals surface area contributed by atoms with Crippen molar-refractivity contribution in [3.05, 3.63) is 66.0 Å². The molecule has 3 aromatic rings. The van der Waals surface area contributed by atoms with Crippen molar-refractivity contribution in [2.45, 2.75) is 11.6 Å². The molecule has 1 aliphatic rings. The molecule has 0 spiro atoms. The number of ether oxygens (including phenoxy) is 1. The van der Waals surface area contributed by atoms with Gasteiger partial charge in [-0.05, 0) is 30.7 Å². The van der Waals surface area contributed by atoms with Gasteiger partial charge < -0.3 is 4.74 Å². The van der Waals surface area contributed by atoms with Gasteiger partial charge in [0.1, 0.15) is 12.1 Å². The van der Waals surface area contributed by atoms with E-state index in [1.165, 1.54) is 16.7 Å². The minimum absolute atomic E-state index is 0.220. The van der Waals surface area contributed by atoms with E-state index < -0.39 is 0 Å². The van der Waals surface area contributed by atoms with Gasteiger partial charge in [0.2, 0.25) is 0 Å². The first-order valence-corrected chi connectivity index (χ1v) is 9.80. The molecule has 1 aromatic heterocycles. The summed E-state index contributed by atoms with van der Waals surface area (Å²) in [6.45, 7) is 0.377. The molecule has 0 saturated heterocycles. The molecule has 0 radical (unpaired) electrons. The second kappa shape index (κ2) is 7.85. The number of rotatable bonds is 7. The zero-order chi connectivity index (χ0) is 19.5. The average Bonchev–Trinajstić information content (AvgIpc) is 3.29. The lowest BCUT2D eigenvalue weighted by Crippen LogP contribution is -2.31. The molecule has 2 heterocycles. The van der Waals surface area contributed by atoms with E-state index >= 15 is 0 Å². The van der Waals surface area contributed by atoms with Gasteiger partial charge in [0, 0.05) is 12.3 Å². The fourth-order valence-electron chi connectivity index (χ4n) is 3.15. The SMILES string of the molecule is COc1ccccc1-n1cnnc1SCCCN1C(=O)c2ccccc2C1=O. The summed E-state index contributed by atoms with van der Waals surface area (Å²) in [6.07, 6.45) is 2.30. The Hall–Kier alpha value is -3.13. The van der Waals surface area contributed by atoms with Crippen LogP contribution in [0.2, 0.25) is 0 Å². The van der Waals surface area contributed by atoms with Crippen LogP contribution in [0.25, 0.3) is 5.69 Å². The molecule has 0 unspecified atom stereocenters. The number of benzene rings is 2. The van der Waals surface area contributed by atoms with E-state index in [9.17, 15) is 9.59 Å². The van der Waals surface area contributed by atoms with Gasteiger partial charge in [-0.25, -0.2) is 0 Å². The lowest BCUT2D eigenvalue weighted by molar-refractivity contribution is 0.0655. The highest BCUT2D eigenvalue weighted by Gasteiger charge is 2.34. The first-order chi connectivity index (χ1) is 13.7. The van der Waals surface area contributed by atoms with Crippen LogP contribution in [0.15, 0.2) is 60.0 Å². The molecule has 4 rings (SSSR count). The number of amides is 2. The second-order valence-electron chi connectivity index (χ2n) is 6.16. The van der Waals surface area contributed by atoms with Crippen LogP contribution in [0.3, 0.4) is 0 Å². The van der Waals surface area contributed by atoms with Gasteiger partial charge in [-0.3, -0.25) is 19.1 Å². The van der Waals surface area contributed by atoms with Crippen LogP contribution >= 0.6 is 11.8 Å². The van der Waals surface area contributed by atoms with Crippen molar-refractivity contribution in [3.63, 3.8) is 0 Å². The largest absolute Gasteiger partial charge is 0.495 e. The molecule has 0 N–H and O–H groups in total. The number of carbonyl (C=O) groups excluding carboxylic acids is 2. The Morgan fingerprint density at radius 2 is 1.68 bits per heavy atom. The molecule has 28 heavy (non-hydrogen) atoms. The Bertz CT molecular complexity index is 999. The van der Waals surface area contributed by atoms with Crippen molar-refractivity contribution >= 4 is 23.6 Å². The molecule has 0 saturated carbocycles. The molecule has 1 aliphatic heterocycles. The van der Waals surface area contributed by atoms with Crippen molar-refractivity contribution in [2.75, 3.05) is 19.4 Å². The van der Waals surface area contributed by atoms with Gasteiger partial charge in [-0.1, -0.05) is 36.0 Å². The molecule has 0 atom stereocenters. The van der Waals surface area contributed by atoms with Gasteiger partial charge in [-0.2, -0.15) is 0 Å². The molecule has 8 heteroatoms. The van der Waals surface area contributed by atoms with E-state index in [0.717, 1.165) is 16.6 Å². The predicted molar refractivity (Wildman–Crippen MR) is 105 cm³/mol. The summed E-state index contributed by atoms with van der Waals surface area (Å²) >= 11 is 1.52. The molecule has 2 amide bonds. The first-order valence-electron chi connectivity index (χ1n) is 8.82. The number of para-hydroxylation sites is 2. The van der Waals surface area contributed by atoms with Crippen molar-refractivity contribution in [3.8, 4) is 11.4 Å². The topological polar surface area (TPSA) is 77.3 Å². The molecule has 2 aromatic carbocycles. The number of fused-ring (bicyclic) bond motifs is 1. The summed E-state index contributed by atoms with van der Waals surface area (Å²) in [7, 11) is 1.62. The van der Waals surface area contributed by atoms with Crippen LogP contribution in [-0.4, -0.2) is 50.9 Å². The van der Waals surface area contributed by atoms with Crippen LogP contribution in [0.1, 0.15) is 27.1 Å². The molecular formula is C20H18N4O3S. The molecule has 0 bridgehead atoms. The third-order valence-corrected chi connectivity index (χ3v) is 5.53. The van der Waals surface area contributed by atoms with Crippen molar-refractivity contribution in [1.29, 1.82) is 0 Å². The maximum absolute atomic E-state index is 12.4. The third-order valence-electron chi connectivity index (χ3n) is 4.50. The monoisotopic (exact) mass is 394 g/mol. The molecule has 0 aliphatic carbocycles. The maximum Gasteiger partial charge on any atom is 0.261 e. The van der Waals surface area contributed by atoms with E-state index in [-0.39, 0.29) is 11.8 Å². The van der Waals surface area contributed by atoms with Gasteiger partial charge in [-0.15, -0.1) is 10.2 Å². The summed E-state index contributed by atoms with van der Waals surface area (Å²) in [4.78, 5) is 26.1. The molecule has 0 fully saturated rings. The van der Waals surface area contributed by atoms with E-state index in [1.54, 1.807) is 37.7 Å². The Morgan fingerprint density at radius 3 is 2.39 bits per heavy atom. The number of nitrogens with zero attached hydrogens (tertiary/aromatic N) is 4. The smallest absolute Gasteiger partial charge is 0.261 e. The Kier molecular flexibility index (Phi) is 5.12. The summed E-state index contributed by atoms with van der Waals surface area (Å²) < 4.78 is 7.27. The summed E-state index contributed by atoms with van der Waals surface area (Å²) in [5.41, 5.74) is 1.82. The zero-order valence-electron chi connectivity index (χ0n) is 15.2. The van der Waals surface area contributed by atoms with Crippen LogP contribution in [0, 0.1) is 0 Å². The molecule has 7 nitrogen and oxygen atoms in total. The third kappa shape index (κ3) is 3.27. The van der Waals surface area contributed by atoms with Gasteiger partial charge >= 0.3 is 0 Å². The van der Waals surface area contributed by atoms with Crippen LogP contribution < -0.4 is 4.74 Å². The average molecular weight is 394 g/mol. The van der Waals surface area contributed by atoms with Crippen molar-refractivity contribution in [1.82, 2.24) is 19.7 Å². The quantitative estimate of drug-likeness (QED) is 0.348. The van der Waals surface area contributed by atoms with E-state index in [2.05, 4.69) is 10.2 Å². The number of methoxy groups -OCH3 is 1. The number of carbonyl (C=O) groups is 2. The highest BCUT2D eigenvalue weighted by Crippen LogP contribution is 2.27. The van der Waals surface area contributed by atoms with Crippen molar-refractivity contribution < 1.29 is 14.3 Å². The Balaban J connectivity index is 1.38. The second-order valence-corrected chi connectivity index (χ2v) is 7.23. The number of hydrogen-bond acceptors (Lipinski definition) is 6. The predicted octanol–water partition coefficient (Wildman–Crippen LogP) is 3.05. The summed E-state index contributed by atoms with van der Waals surface area (Å²) in [5.74, 6) is 0.988. The minimum Gasteiger partial charge on any atom is -0.495 e. The lowest BCUT2D eigenvalue weighted by atomic mass is 10.1. The highest BCUT2D eigenvalue weighted by atomic mass is 32.2. The normalized spacial score (nSPS) is 13.1. The van der Waals surface area contributed by atoms with Crippen LogP contribution in [-0.2, 0) is 0 Å². The van der Waals surface area contributed by atoms with E-state index in [0.29, 0.717) is 29.8 Å². The number of imide groups is 1.